The number of carbonyl (C=O) groups excluding carboxylic acids is 2. The number of nitrogens with one attached hydrogen (secondary N) is 1. The molecule has 1 rings (SSSR count). The first-order chi connectivity index (χ1) is 8.49. The molecule has 0 aliphatic carbocycles. The minimum atomic E-state index is -3.17. The van der Waals surface area contributed by atoms with Crippen LogP contribution in [0.5, 0.6) is 0 Å². The summed E-state index contributed by atoms with van der Waals surface area (Å²) in [6.07, 6.45) is 0.767. The van der Waals surface area contributed by atoms with Gasteiger partial charge in [-0.25, -0.2) is 8.42 Å². The molecule has 0 radical (unpaired) electrons. The van der Waals surface area contributed by atoms with Gasteiger partial charge in [0.15, 0.2) is 9.84 Å². The van der Waals surface area contributed by atoms with Crippen molar-refractivity contribution in [2.75, 3.05) is 12.3 Å². The average molecular weight is 269 g/mol. The summed E-state index contributed by atoms with van der Waals surface area (Å²) in [5.74, 6) is -0.581. The minimum absolute atomic E-state index is 0.0712. The third-order valence-electron chi connectivity index (χ3n) is 2.48. The van der Waals surface area contributed by atoms with Crippen molar-refractivity contribution < 1.29 is 18.0 Å². The normalized spacial score (nSPS) is 10.9. The summed E-state index contributed by atoms with van der Waals surface area (Å²) >= 11 is 0. The molecule has 1 amide bonds. The molecule has 0 heterocycles. The van der Waals surface area contributed by atoms with Crippen molar-refractivity contribution in [3.05, 3.63) is 29.8 Å². The first-order valence-corrected chi connectivity index (χ1v) is 7.19. The predicted molar refractivity (Wildman–Crippen MR) is 66.9 cm³/mol. The van der Waals surface area contributed by atoms with E-state index in [-0.39, 0.29) is 12.0 Å². The Balaban J connectivity index is 2.61. The molecule has 0 bridgehead atoms. The van der Waals surface area contributed by atoms with Crippen molar-refractivity contribution >= 4 is 22.0 Å². The summed E-state index contributed by atoms with van der Waals surface area (Å²) in [6.45, 7) is 1.94. The topological polar surface area (TPSA) is 80.3 Å². The molecule has 0 fully saturated rings. The van der Waals surface area contributed by atoms with Crippen LogP contribution in [0, 0.1) is 0 Å². The molecule has 0 aliphatic heterocycles. The molecule has 0 spiro atoms. The lowest BCUT2D eigenvalue weighted by atomic mass is 10.1. The van der Waals surface area contributed by atoms with E-state index in [1.165, 1.54) is 0 Å². The van der Waals surface area contributed by atoms with E-state index in [1.807, 2.05) is 0 Å². The second-order valence-corrected chi connectivity index (χ2v) is 5.98. The van der Waals surface area contributed by atoms with E-state index in [0.29, 0.717) is 17.9 Å². The second-order valence-electron chi connectivity index (χ2n) is 3.71. The van der Waals surface area contributed by atoms with Crippen LogP contribution in [0.25, 0.3) is 0 Å². The lowest BCUT2D eigenvalue weighted by Gasteiger charge is -2.04. The summed E-state index contributed by atoms with van der Waals surface area (Å²) in [7, 11) is -3.17. The molecule has 1 aromatic carbocycles. The van der Waals surface area contributed by atoms with Gasteiger partial charge >= 0.3 is 0 Å². The highest BCUT2D eigenvalue weighted by atomic mass is 32.2. The number of hydrogen-bond donors (Lipinski definition) is 1. The van der Waals surface area contributed by atoms with E-state index in [1.54, 1.807) is 31.2 Å². The molecule has 18 heavy (non-hydrogen) atoms. The molecule has 1 N–H and O–H groups in total. The van der Waals surface area contributed by atoms with Gasteiger partial charge in [-0.05, 0) is 24.1 Å². The van der Waals surface area contributed by atoms with Crippen LogP contribution in [-0.2, 0) is 25.8 Å². The van der Waals surface area contributed by atoms with Crippen LogP contribution >= 0.6 is 0 Å². The third-order valence-corrected chi connectivity index (χ3v) is 4.23. The van der Waals surface area contributed by atoms with Crippen LogP contribution in [0.2, 0.25) is 0 Å². The van der Waals surface area contributed by atoms with Gasteiger partial charge in [-0.1, -0.05) is 19.1 Å². The summed E-state index contributed by atoms with van der Waals surface area (Å²) in [4.78, 5) is 21.0. The van der Waals surface area contributed by atoms with Crippen molar-refractivity contribution in [3.63, 3.8) is 0 Å². The van der Waals surface area contributed by atoms with Crippen LogP contribution in [0.1, 0.15) is 12.5 Å². The van der Waals surface area contributed by atoms with Gasteiger partial charge in [0, 0.05) is 6.54 Å². The Bertz CT molecular complexity index is 520. The molecular weight excluding hydrogens is 254 g/mol. The number of rotatable bonds is 6. The Morgan fingerprint density at radius 3 is 2.39 bits per heavy atom. The van der Waals surface area contributed by atoms with Gasteiger partial charge in [-0.15, -0.1) is 0 Å². The zero-order valence-electron chi connectivity index (χ0n) is 10.0. The molecule has 0 saturated heterocycles. The van der Waals surface area contributed by atoms with E-state index < -0.39 is 15.7 Å². The van der Waals surface area contributed by atoms with Crippen LogP contribution in [-0.4, -0.2) is 32.9 Å². The lowest BCUT2D eigenvalue weighted by molar-refractivity contribution is -0.131. The highest BCUT2D eigenvalue weighted by Crippen LogP contribution is 2.12. The first-order valence-electron chi connectivity index (χ1n) is 5.54. The SMILES string of the molecule is CCS(=O)(=O)c1ccc(CCNC(=O)C=O)cc1. The van der Waals surface area contributed by atoms with E-state index in [9.17, 15) is 18.0 Å². The molecule has 0 unspecified atom stereocenters. The molecule has 0 aromatic heterocycles. The largest absolute Gasteiger partial charge is 0.349 e. The number of hydrogen-bond acceptors (Lipinski definition) is 4. The van der Waals surface area contributed by atoms with Crippen LogP contribution in [0.3, 0.4) is 0 Å². The first kappa shape index (κ1) is 14.4. The molecule has 0 aliphatic rings. The monoisotopic (exact) mass is 269 g/mol. The Morgan fingerprint density at radius 1 is 1.28 bits per heavy atom. The van der Waals surface area contributed by atoms with Gasteiger partial charge in [0.05, 0.1) is 10.6 Å². The van der Waals surface area contributed by atoms with Gasteiger partial charge in [-0.2, -0.15) is 0 Å². The van der Waals surface area contributed by atoms with Gasteiger partial charge in [-0.3, -0.25) is 9.59 Å². The van der Waals surface area contributed by atoms with Crippen molar-refractivity contribution in [3.8, 4) is 0 Å². The maximum absolute atomic E-state index is 11.6. The van der Waals surface area contributed by atoms with Crippen LogP contribution in [0.4, 0.5) is 0 Å². The zero-order chi connectivity index (χ0) is 13.6. The van der Waals surface area contributed by atoms with Crippen molar-refractivity contribution in [2.45, 2.75) is 18.2 Å². The Hall–Kier alpha value is -1.69. The van der Waals surface area contributed by atoms with Gasteiger partial charge < -0.3 is 5.32 Å². The van der Waals surface area contributed by atoms with Crippen LogP contribution in [0.15, 0.2) is 29.2 Å². The quantitative estimate of drug-likeness (QED) is 0.596. The number of benzene rings is 1. The third kappa shape index (κ3) is 3.96. The molecule has 6 heteroatoms. The summed E-state index contributed by atoms with van der Waals surface area (Å²) < 4.78 is 23.1. The second kappa shape index (κ2) is 6.30. The molecule has 1 aromatic rings. The van der Waals surface area contributed by atoms with Crippen molar-refractivity contribution in [2.24, 2.45) is 0 Å². The Labute approximate surface area is 106 Å². The lowest BCUT2D eigenvalue weighted by Crippen LogP contribution is -2.26. The molecule has 5 nitrogen and oxygen atoms in total. The maximum atomic E-state index is 11.6. The number of sulfone groups is 1. The van der Waals surface area contributed by atoms with Crippen molar-refractivity contribution in [1.82, 2.24) is 5.32 Å². The fourth-order valence-electron chi connectivity index (χ4n) is 1.40. The molecule has 0 atom stereocenters. The average Bonchev–Trinajstić information content (AvgIpc) is 2.39. The molecule has 98 valence electrons. The fraction of sp³-hybridized carbons (Fsp3) is 0.333. The highest BCUT2D eigenvalue weighted by molar-refractivity contribution is 7.91. The van der Waals surface area contributed by atoms with E-state index in [4.69, 9.17) is 0 Å². The van der Waals surface area contributed by atoms with Gasteiger partial charge in [0.25, 0.3) is 5.91 Å². The summed E-state index contributed by atoms with van der Waals surface area (Å²) in [5, 5.41) is 2.41. The smallest absolute Gasteiger partial charge is 0.284 e. The van der Waals surface area contributed by atoms with E-state index in [0.717, 1.165) is 5.56 Å². The summed E-state index contributed by atoms with van der Waals surface area (Å²) in [6, 6.07) is 6.51. The van der Waals surface area contributed by atoms with Crippen LogP contribution < -0.4 is 5.32 Å². The molecular formula is C12H15NO4S. The summed E-state index contributed by atoms with van der Waals surface area (Å²) in [5.41, 5.74) is 0.899. The van der Waals surface area contributed by atoms with Gasteiger partial charge in [0.1, 0.15) is 0 Å². The van der Waals surface area contributed by atoms with Crippen molar-refractivity contribution in [1.29, 1.82) is 0 Å². The Morgan fingerprint density at radius 2 is 1.89 bits per heavy atom. The standard InChI is InChI=1S/C12H15NO4S/c1-2-18(16,17)11-5-3-10(4-6-11)7-8-13-12(15)9-14/h3-6,9H,2,7-8H2,1H3,(H,13,15). The fourth-order valence-corrected chi connectivity index (χ4v) is 2.29. The highest BCUT2D eigenvalue weighted by Gasteiger charge is 2.10. The van der Waals surface area contributed by atoms with Gasteiger partial charge in [0.2, 0.25) is 6.29 Å². The number of aldehydes is 1. The Kier molecular flexibility index (Phi) is 5.03. The van der Waals surface area contributed by atoms with E-state index >= 15 is 0 Å². The number of carbonyl (C=O) groups is 2. The van der Waals surface area contributed by atoms with E-state index in [2.05, 4.69) is 5.32 Å². The molecule has 0 saturated carbocycles. The number of amides is 1. The zero-order valence-corrected chi connectivity index (χ0v) is 10.9. The maximum Gasteiger partial charge on any atom is 0.284 e. The minimum Gasteiger partial charge on any atom is -0.349 e. The predicted octanol–water partition coefficient (Wildman–Crippen LogP) is 0.338.